The van der Waals surface area contributed by atoms with Crippen LogP contribution in [-0.4, -0.2) is 6.10 Å². The first-order valence-corrected chi connectivity index (χ1v) is 7.77. The van der Waals surface area contributed by atoms with E-state index in [2.05, 4.69) is 0 Å². The van der Waals surface area contributed by atoms with Crippen LogP contribution in [0, 0.1) is 17.5 Å². The summed E-state index contributed by atoms with van der Waals surface area (Å²) in [4.78, 5) is 0. The molecule has 2 aliphatic rings. The molecule has 23 heavy (non-hydrogen) atoms. The number of halogens is 3. The first-order valence-electron chi connectivity index (χ1n) is 7.77. The van der Waals surface area contributed by atoms with Crippen LogP contribution in [0.5, 0.6) is 5.75 Å². The lowest BCUT2D eigenvalue weighted by molar-refractivity contribution is 0.300. The molecule has 0 aliphatic heterocycles. The van der Waals surface area contributed by atoms with E-state index in [1.54, 1.807) is 0 Å². The van der Waals surface area contributed by atoms with Crippen LogP contribution in [0.25, 0.3) is 11.1 Å². The van der Waals surface area contributed by atoms with Gasteiger partial charge in [0.15, 0.2) is 0 Å². The number of benzene rings is 2. The summed E-state index contributed by atoms with van der Waals surface area (Å²) in [7, 11) is 0. The van der Waals surface area contributed by atoms with Crippen molar-refractivity contribution in [1.82, 2.24) is 0 Å². The van der Waals surface area contributed by atoms with Crippen molar-refractivity contribution in [3.05, 3.63) is 52.8 Å². The topological polar surface area (TPSA) is 35.2 Å². The van der Waals surface area contributed by atoms with E-state index in [1.165, 1.54) is 24.3 Å². The zero-order chi connectivity index (χ0) is 16.1. The van der Waals surface area contributed by atoms with E-state index < -0.39 is 23.5 Å². The molecule has 4 rings (SSSR count). The van der Waals surface area contributed by atoms with Crippen LogP contribution in [0.4, 0.5) is 13.2 Å². The molecule has 2 aromatic rings. The summed E-state index contributed by atoms with van der Waals surface area (Å²) >= 11 is 0. The molecular formula is C18H16F3NO. The highest BCUT2D eigenvalue weighted by molar-refractivity contribution is 5.72. The minimum Gasteiger partial charge on any atom is -0.490 e. The zero-order valence-electron chi connectivity index (χ0n) is 12.4. The third-order valence-electron chi connectivity index (χ3n) is 4.49. The summed E-state index contributed by atoms with van der Waals surface area (Å²) in [5.74, 6) is -1.62. The molecule has 2 nitrogen and oxygen atoms in total. The molecule has 2 N–H and O–H groups in total. The molecule has 1 saturated carbocycles. The summed E-state index contributed by atoms with van der Waals surface area (Å²) in [5.41, 5.74) is 7.12. The normalized spacial score (nSPS) is 19.7. The van der Waals surface area contributed by atoms with Crippen molar-refractivity contribution in [3.63, 3.8) is 0 Å². The Balaban J connectivity index is 1.82. The van der Waals surface area contributed by atoms with Crippen molar-refractivity contribution < 1.29 is 17.9 Å². The summed E-state index contributed by atoms with van der Waals surface area (Å²) in [6.07, 6.45) is 2.98. The lowest BCUT2D eigenvalue weighted by Crippen LogP contribution is -2.08. The minimum absolute atomic E-state index is 0.0627. The van der Waals surface area contributed by atoms with E-state index in [9.17, 15) is 13.2 Å². The lowest BCUT2D eigenvalue weighted by Gasteiger charge is -2.14. The summed E-state index contributed by atoms with van der Waals surface area (Å²) in [6, 6.07) is 4.62. The Morgan fingerprint density at radius 3 is 2.30 bits per heavy atom. The largest absolute Gasteiger partial charge is 0.490 e. The van der Waals surface area contributed by atoms with Crippen LogP contribution in [0.15, 0.2) is 24.3 Å². The third kappa shape index (κ3) is 2.49. The molecule has 0 saturated heterocycles. The average molecular weight is 319 g/mol. The highest BCUT2D eigenvalue weighted by Crippen LogP contribution is 2.41. The van der Waals surface area contributed by atoms with Crippen LogP contribution in [0.1, 0.15) is 36.4 Å². The standard InChI is InChI=1S/C18H16F3NO/c19-13-5-3-11(12-4-6-16(22)18(12)13)17-14(20)7-10(8-15(17)21)23-9-1-2-9/h3,5,7-9,16H,1-2,4,6,22H2/t16-/m1/s1. The fourth-order valence-corrected chi connectivity index (χ4v) is 3.24. The average Bonchev–Trinajstić information content (AvgIpc) is 3.21. The molecular weight excluding hydrogens is 303 g/mol. The van der Waals surface area contributed by atoms with Gasteiger partial charge in [-0.2, -0.15) is 0 Å². The van der Waals surface area contributed by atoms with Crippen LogP contribution < -0.4 is 10.5 Å². The predicted octanol–water partition coefficient (Wildman–Crippen LogP) is 4.26. The second-order valence-corrected chi connectivity index (χ2v) is 6.21. The Labute approximate surface area is 132 Å². The molecule has 0 aromatic heterocycles. The predicted molar refractivity (Wildman–Crippen MR) is 80.7 cm³/mol. The van der Waals surface area contributed by atoms with Gasteiger partial charge in [0.1, 0.15) is 23.2 Å². The van der Waals surface area contributed by atoms with Gasteiger partial charge in [-0.05, 0) is 42.9 Å². The van der Waals surface area contributed by atoms with Gasteiger partial charge >= 0.3 is 0 Å². The molecule has 2 aromatic carbocycles. The molecule has 1 fully saturated rings. The Kier molecular flexibility index (Phi) is 3.34. The zero-order valence-corrected chi connectivity index (χ0v) is 12.4. The smallest absolute Gasteiger partial charge is 0.137 e. The lowest BCUT2D eigenvalue weighted by atomic mass is 9.95. The Hall–Kier alpha value is -2.01. The van der Waals surface area contributed by atoms with Crippen LogP contribution in [-0.2, 0) is 6.42 Å². The highest BCUT2D eigenvalue weighted by atomic mass is 19.1. The number of ether oxygens (including phenoxy) is 1. The number of rotatable bonds is 3. The molecule has 0 radical (unpaired) electrons. The summed E-state index contributed by atoms with van der Waals surface area (Å²) in [5, 5.41) is 0. The van der Waals surface area contributed by atoms with Gasteiger partial charge < -0.3 is 10.5 Å². The van der Waals surface area contributed by atoms with Crippen molar-refractivity contribution in [2.24, 2.45) is 5.73 Å². The van der Waals surface area contributed by atoms with Crippen LogP contribution in [0.2, 0.25) is 0 Å². The van der Waals surface area contributed by atoms with Gasteiger partial charge in [-0.25, -0.2) is 13.2 Å². The Morgan fingerprint density at radius 1 is 0.957 bits per heavy atom. The van der Waals surface area contributed by atoms with Crippen LogP contribution in [0.3, 0.4) is 0 Å². The van der Waals surface area contributed by atoms with Crippen molar-refractivity contribution in [1.29, 1.82) is 0 Å². The summed E-state index contributed by atoms with van der Waals surface area (Å²) < 4.78 is 48.4. The van der Waals surface area contributed by atoms with E-state index in [4.69, 9.17) is 10.5 Å². The van der Waals surface area contributed by atoms with Gasteiger partial charge in [-0.3, -0.25) is 0 Å². The Bertz CT molecular complexity index is 763. The van der Waals surface area contributed by atoms with Crippen molar-refractivity contribution in [2.45, 2.75) is 37.8 Å². The van der Waals surface area contributed by atoms with E-state index >= 15 is 0 Å². The molecule has 0 heterocycles. The third-order valence-corrected chi connectivity index (χ3v) is 4.49. The molecule has 0 bridgehead atoms. The molecule has 2 aliphatic carbocycles. The number of hydrogen-bond donors (Lipinski definition) is 1. The monoisotopic (exact) mass is 319 g/mol. The molecule has 5 heteroatoms. The van der Waals surface area contributed by atoms with Gasteiger partial charge in [-0.1, -0.05) is 6.07 Å². The molecule has 0 unspecified atom stereocenters. The van der Waals surface area contributed by atoms with Gasteiger partial charge in [-0.15, -0.1) is 0 Å². The maximum Gasteiger partial charge on any atom is 0.137 e. The summed E-state index contributed by atoms with van der Waals surface area (Å²) in [6.45, 7) is 0. The number of hydrogen-bond acceptors (Lipinski definition) is 2. The van der Waals surface area contributed by atoms with Crippen molar-refractivity contribution in [2.75, 3.05) is 0 Å². The molecule has 0 spiro atoms. The maximum absolute atomic E-state index is 14.5. The van der Waals surface area contributed by atoms with Crippen molar-refractivity contribution in [3.8, 4) is 16.9 Å². The fourth-order valence-electron chi connectivity index (χ4n) is 3.24. The molecule has 1 atom stereocenters. The van der Waals surface area contributed by atoms with E-state index in [-0.39, 0.29) is 17.4 Å². The van der Waals surface area contributed by atoms with Gasteiger partial charge in [0.25, 0.3) is 0 Å². The first-order chi connectivity index (χ1) is 11.0. The number of fused-ring (bicyclic) bond motifs is 1. The number of nitrogens with two attached hydrogens (primary N) is 1. The van der Waals surface area contributed by atoms with E-state index in [0.29, 0.717) is 29.5 Å². The highest BCUT2D eigenvalue weighted by Gasteiger charge is 2.29. The first kappa shape index (κ1) is 14.6. The van der Waals surface area contributed by atoms with Gasteiger partial charge in [0.05, 0.1) is 11.7 Å². The molecule has 0 amide bonds. The van der Waals surface area contributed by atoms with Crippen LogP contribution >= 0.6 is 0 Å². The van der Waals surface area contributed by atoms with Gasteiger partial charge in [0, 0.05) is 23.7 Å². The van der Waals surface area contributed by atoms with E-state index in [1.807, 2.05) is 0 Å². The second-order valence-electron chi connectivity index (χ2n) is 6.21. The van der Waals surface area contributed by atoms with Crippen molar-refractivity contribution >= 4 is 0 Å². The Morgan fingerprint density at radius 2 is 1.65 bits per heavy atom. The minimum atomic E-state index is -0.699. The SMILES string of the molecule is N[C@@H]1CCc2c(-c3c(F)cc(OC4CC4)cc3F)ccc(F)c21. The maximum atomic E-state index is 14.5. The molecule has 120 valence electrons. The second kappa shape index (κ2) is 5.27. The van der Waals surface area contributed by atoms with Gasteiger partial charge in [0.2, 0.25) is 0 Å². The quantitative estimate of drug-likeness (QED) is 0.917. The fraction of sp³-hybridized carbons (Fsp3) is 0.333. The van der Waals surface area contributed by atoms with E-state index in [0.717, 1.165) is 12.8 Å².